The van der Waals surface area contributed by atoms with Crippen LogP contribution in [0.15, 0.2) is 75.9 Å². The van der Waals surface area contributed by atoms with Crippen LogP contribution in [0.1, 0.15) is 58.4 Å². The van der Waals surface area contributed by atoms with Crippen molar-refractivity contribution in [2.45, 2.75) is 45.2 Å². The summed E-state index contributed by atoms with van der Waals surface area (Å²) in [6.45, 7) is 7.03. The van der Waals surface area contributed by atoms with Gasteiger partial charge < -0.3 is 25.5 Å². The van der Waals surface area contributed by atoms with Crippen LogP contribution in [0.2, 0.25) is 0 Å². The second-order valence-corrected chi connectivity index (χ2v) is 10.3. The summed E-state index contributed by atoms with van der Waals surface area (Å²) in [5.41, 5.74) is 11.0. The Balaban J connectivity index is 1.51. The van der Waals surface area contributed by atoms with Crippen LogP contribution in [-0.4, -0.2) is 24.2 Å². The number of aromatic carboxylic acids is 1. The summed E-state index contributed by atoms with van der Waals surface area (Å²) in [4.78, 5) is 27.4. The Morgan fingerprint density at radius 1 is 1.05 bits per heavy atom. The molecule has 0 aliphatic carbocycles. The van der Waals surface area contributed by atoms with Crippen molar-refractivity contribution in [2.24, 2.45) is 5.73 Å². The molecule has 0 saturated carbocycles. The zero-order chi connectivity index (χ0) is 27.0. The molecule has 7 heteroatoms. The maximum Gasteiger partial charge on any atom is 0.337 e. The normalized spacial score (nSPS) is 15.8. The summed E-state index contributed by atoms with van der Waals surface area (Å²) in [5, 5.41) is 13.4. The van der Waals surface area contributed by atoms with Crippen molar-refractivity contribution in [1.82, 2.24) is 0 Å². The van der Waals surface area contributed by atoms with Gasteiger partial charge in [0.15, 0.2) is 5.43 Å². The van der Waals surface area contributed by atoms with Gasteiger partial charge in [-0.3, -0.25) is 4.79 Å². The Kier molecular flexibility index (Phi) is 6.71. The highest BCUT2D eigenvalue weighted by molar-refractivity contribution is 5.94. The molecule has 38 heavy (non-hydrogen) atoms. The minimum absolute atomic E-state index is 0.0584. The number of carboxylic acid groups (broad SMARTS) is 1. The van der Waals surface area contributed by atoms with Crippen molar-refractivity contribution in [3.8, 4) is 0 Å². The minimum Gasteiger partial charge on any atom is -0.478 e. The number of fused-ring (bicyclic) bond motifs is 1. The molecule has 7 nitrogen and oxygen atoms in total. The number of aryl methyl sites for hydroxylation is 1. The molecule has 0 spiro atoms. The molecule has 1 fully saturated rings. The Morgan fingerprint density at radius 2 is 1.71 bits per heavy atom. The van der Waals surface area contributed by atoms with Gasteiger partial charge in [0.2, 0.25) is 5.88 Å². The van der Waals surface area contributed by atoms with Gasteiger partial charge in [-0.25, -0.2) is 4.79 Å². The van der Waals surface area contributed by atoms with Gasteiger partial charge in [-0.1, -0.05) is 48.5 Å². The van der Waals surface area contributed by atoms with E-state index in [9.17, 15) is 14.7 Å². The van der Waals surface area contributed by atoms with Crippen LogP contribution in [-0.2, 0) is 5.54 Å². The smallest absolute Gasteiger partial charge is 0.337 e. The summed E-state index contributed by atoms with van der Waals surface area (Å²) in [5.74, 6) is -0.434. The van der Waals surface area contributed by atoms with E-state index in [-0.39, 0.29) is 17.0 Å². The van der Waals surface area contributed by atoms with E-state index in [1.165, 1.54) is 0 Å². The molecule has 1 aliphatic heterocycles. The molecular weight excluding hydrogens is 478 g/mol. The third kappa shape index (κ3) is 4.65. The van der Waals surface area contributed by atoms with Crippen molar-refractivity contribution in [1.29, 1.82) is 0 Å². The number of carboxylic acids is 1. The second kappa shape index (κ2) is 9.99. The highest BCUT2D eigenvalue weighted by atomic mass is 16.4. The zero-order valence-electron chi connectivity index (χ0n) is 22.0. The Morgan fingerprint density at radius 3 is 2.39 bits per heavy atom. The molecule has 5 rings (SSSR count). The van der Waals surface area contributed by atoms with Crippen molar-refractivity contribution < 1.29 is 14.3 Å². The van der Waals surface area contributed by atoms with Gasteiger partial charge in [0.05, 0.1) is 22.6 Å². The third-order valence-corrected chi connectivity index (χ3v) is 7.65. The first kappa shape index (κ1) is 25.5. The minimum atomic E-state index is -1.00. The lowest BCUT2D eigenvalue weighted by Gasteiger charge is -2.40. The van der Waals surface area contributed by atoms with E-state index in [4.69, 9.17) is 10.2 Å². The Bertz CT molecular complexity index is 1550. The molecule has 1 unspecified atom stereocenters. The molecule has 0 amide bonds. The van der Waals surface area contributed by atoms with Crippen LogP contribution >= 0.6 is 0 Å². The fraction of sp³-hybridized carbons (Fsp3) is 0.290. The fourth-order valence-corrected chi connectivity index (χ4v) is 5.45. The highest BCUT2D eigenvalue weighted by Crippen LogP contribution is 2.36. The van der Waals surface area contributed by atoms with Gasteiger partial charge in [0.25, 0.3) is 0 Å². The third-order valence-electron chi connectivity index (χ3n) is 7.65. The quantitative estimate of drug-likeness (QED) is 0.303. The predicted octanol–water partition coefficient (Wildman–Crippen LogP) is 5.74. The topological polar surface area (TPSA) is 109 Å². The molecule has 3 aromatic carbocycles. The zero-order valence-corrected chi connectivity index (χ0v) is 22.0. The number of carbonyl (C=O) groups is 1. The van der Waals surface area contributed by atoms with Gasteiger partial charge in [0, 0.05) is 29.9 Å². The van der Waals surface area contributed by atoms with E-state index in [0.717, 1.165) is 29.5 Å². The lowest BCUT2D eigenvalue weighted by molar-refractivity contribution is 0.0698. The number of hydrogen-bond acceptors (Lipinski definition) is 6. The van der Waals surface area contributed by atoms with Crippen molar-refractivity contribution >= 4 is 28.5 Å². The number of hydrogen-bond donors (Lipinski definition) is 3. The number of nitrogens with two attached hydrogens (primary N) is 1. The van der Waals surface area contributed by atoms with Gasteiger partial charge >= 0.3 is 5.97 Å². The predicted molar refractivity (Wildman–Crippen MR) is 151 cm³/mol. The maximum atomic E-state index is 13.6. The number of rotatable bonds is 6. The average Bonchev–Trinajstić information content (AvgIpc) is 2.92. The van der Waals surface area contributed by atoms with E-state index in [1.807, 2.05) is 51.1 Å². The average molecular weight is 512 g/mol. The van der Waals surface area contributed by atoms with Crippen LogP contribution in [0, 0.1) is 13.8 Å². The van der Waals surface area contributed by atoms with Crippen LogP contribution < -0.4 is 21.4 Å². The highest BCUT2D eigenvalue weighted by Gasteiger charge is 2.34. The van der Waals surface area contributed by atoms with E-state index >= 15 is 0 Å². The molecular formula is C31H33N3O4. The van der Waals surface area contributed by atoms with E-state index in [2.05, 4.69) is 22.3 Å². The molecule has 1 saturated heterocycles. The first-order valence-corrected chi connectivity index (χ1v) is 12.9. The number of nitrogens with zero attached hydrogens (tertiary/aromatic N) is 1. The molecule has 2 heterocycles. The van der Waals surface area contributed by atoms with Gasteiger partial charge in [-0.2, -0.15) is 0 Å². The summed E-state index contributed by atoms with van der Waals surface area (Å²) in [6, 6.07) is 20.5. The summed E-state index contributed by atoms with van der Waals surface area (Å²) < 4.78 is 6.54. The molecule has 1 atom stereocenters. The first-order chi connectivity index (χ1) is 18.2. The lowest BCUT2D eigenvalue weighted by atomic mass is 9.82. The Hall–Kier alpha value is -4.10. The monoisotopic (exact) mass is 511 g/mol. The van der Waals surface area contributed by atoms with Crippen LogP contribution in [0.3, 0.4) is 0 Å². The van der Waals surface area contributed by atoms with E-state index in [0.29, 0.717) is 41.2 Å². The van der Waals surface area contributed by atoms with E-state index < -0.39 is 11.5 Å². The van der Waals surface area contributed by atoms with Crippen molar-refractivity contribution in [2.75, 3.05) is 23.3 Å². The fourth-order valence-electron chi connectivity index (χ4n) is 5.45. The first-order valence-electron chi connectivity index (χ1n) is 12.9. The number of benzene rings is 3. The second-order valence-electron chi connectivity index (χ2n) is 10.3. The largest absolute Gasteiger partial charge is 0.478 e. The molecule has 0 bridgehead atoms. The number of piperidine rings is 1. The molecule has 4 N–H and O–H groups in total. The molecule has 4 aromatic rings. The van der Waals surface area contributed by atoms with E-state index in [1.54, 1.807) is 24.3 Å². The summed E-state index contributed by atoms with van der Waals surface area (Å²) >= 11 is 0. The molecule has 1 aromatic heterocycles. The van der Waals surface area contributed by atoms with Crippen molar-refractivity contribution in [3.63, 3.8) is 0 Å². The van der Waals surface area contributed by atoms with Crippen molar-refractivity contribution in [3.05, 3.63) is 105 Å². The van der Waals surface area contributed by atoms with Crippen LogP contribution in [0.25, 0.3) is 11.0 Å². The molecule has 1 aliphatic rings. The number of para-hydroxylation sites is 1. The lowest BCUT2D eigenvalue weighted by Crippen LogP contribution is -2.48. The molecule has 0 radical (unpaired) electrons. The SMILES string of the molecule is Cc1cc(C(C)Nc2ccccc2C(=O)O)c2oc(N3CCC(N)(c4ccccc4)CC3)c(C)c(=O)c2c1. The van der Waals surface area contributed by atoms with Gasteiger partial charge in [0.1, 0.15) is 5.58 Å². The van der Waals surface area contributed by atoms with Crippen LogP contribution in [0.4, 0.5) is 11.6 Å². The Labute approximate surface area is 221 Å². The number of nitrogens with one attached hydrogen (secondary N) is 1. The standard InChI is InChI=1S/C31H33N3O4/c1-19-17-24(21(3)33-26-12-8-7-11-23(26)30(36)37)28-25(18-19)27(35)20(2)29(38-28)34-15-13-31(32,14-16-34)22-9-5-4-6-10-22/h4-12,17-18,21,33H,13-16,32H2,1-3H3,(H,36,37). The number of anilines is 2. The van der Waals surface area contributed by atoms with Gasteiger partial charge in [-0.15, -0.1) is 0 Å². The van der Waals surface area contributed by atoms with Gasteiger partial charge in [-0.05, 0) is 62.9 Å². The maximum absolute atomic E-state index is 13.6. The summed E-state index contributed by atoms with van der Waals surface area (Å²) in [7, 11) is 0. The summed E-state index contributed by atoms with van der Waals surface area (Å²) in [6.07, 6.45) is 1.48. The van der Waals surface area contributed by atoms with Crippen LogP contribution in [0.5, 0.6) is 0 Å². The molecule has 196 valence electrons.